The van der Waals surface area contributed by atoms with Gasteiger partial charge in [-0.15, -0.1) is 0 Å². The average Bonchev–Trinajstić information content (AvgIpc) is 2.97. The minimum Gasteiger partial charge on any atom is -1.00 e. The summed E-state index contributed by atoms with van der Waals surface area (Å²) in [6, 6.07) is 0. The molecule has 0 aromatic rings. The molecule has 0 aliphatic carbocycles. The van der Waals surface area contributed by atoms with Crippen LogP contribution in [-0.2, 0) is 21.0 Å². The predicted molar refractivity (Wildman–Crippen MR) is 194 cm³/mol. The number of rotatable bonds is 32. The molecule has 0 fully saturated rings. The minimum atomic E-state index is -2.86. The van der Waals surface area contributed by atoms with E-state index in [9.17, 15) is 9.59 Å². The average molecular weight is 676 g/mol. The molecule has 0 rings (SSSR count). The second-order valence-corrected chi connectivity index (χ2v) is 12.8. The third-order valence-corrected chi connectivity index (χ3v) is 7.99. The fraction of sp³-hybridized carbons (Fsp3) is 0.944. The van der Waals surface area contributed by atoms with Gasteiger partial charge in [-0.05, 0) is 12.8 Å². The molecule has 3 N–H and O–H groups in total. The number of carbonyl (C=O) groups is 2. The number of unbranched alkanes of at least 4 members (excludes halogenated alkanes) is 28. The SMILES string of the molecule is CCCCCCCCCCCCCCCCCC(=O)O.CCCCCCCCCCCCCCCCCC(=O)O.O=S([O-])O.[H-].[H-].[Mg+2]. The summed E-state index contributed by atoms with van der Waals surface area (Å²) < 4.78 is 24.1. The maximum atomic E-state index is 10.3. The molecule has 0 amide bonds. The molecule has 270 valence electrons. The summed E-state index contributed by atoms with van der Waals surface area (Å²) in [7, 11) is 0. The van der Waals surface area contributed by atoms with Gasteiger partial charge in [0.15, 0.2) is 0 Å². The van der Waals surface area contributed by atoms with E-state index >= 15 is 0 Å². The van der Waals surface area contributed by atoms with Crippen LogP contribution < -0.4 is 0 Å². The summed E-state index contributed by atoms with van der Waals surface area (Å²) in [5.41, 5.74) is 0. The van der Waals surface area contributed by atoms with Crippen molar-refractivity contribution in [2.45, 2.75) is 219 Å². The molecule has 1 atom stereocenters. The summed E-state index contributed by atoms with van der Waals surface area (Å²) in [5, 5.41) is 17.0. The van der Waals surface area contributed by atoms with Crippen LogP contribution in [0.5, 0.6) is 0 Å². The van der Waals surface area contributed by atoms with E-state index in [1.54, 1.807) is 0 Å². The van der Waals surface area contributed by atoms with Crippen LogP contribution in [0.15, 0.2) is 0 Å². The first-order chi connectivity index (χ1) is 21.3. The fourth-order valence-corrected chi connectivity index (χ4v) is 5.30. The molecule has 0 spiro atoms. The van der Waals surface area contributed by atoms with E-state index in [0.717, 1.165) is 25.7 Å². The summed E-state index contributed by atoms with van der Waals surface area (Å²) in [6.07, 6.45) is 40.4. The molecule has 9 heteroatoms. The van der Waals surface area contributed by atoms with Crippen LogP contribution in [0.3, 0.4) is 0 Å². The first kappa shape index (κ1) is 51.6. The monoisotopic (exact) mass is 676 g/mol. The summed E-state index contributed by atoms with van der Waals surface area (Å²) in [5.74, 6) is -1.31. The van der Waals surface area contributed by atoms with Crippen molar-refractivity contribution in [3.8, 4) is 0 Å². The third-order valence-electron chi connectivity index (χ3n) is 7.99. The van der Waals surface area contributed by atoms with Crippen molar-refractivity contribution in [2.75, 3.05) is 0 Å². The van der Waals surface area contributed by atoms with Gasteiger partial charge in [-0.3, -0.25) is 9.59 Å². The van der Waals surface area contributed by atoms with Crippen LogP contribution in [0.2, 0.25) is 0 Å². The van der Waals surface area contributed by atoms with Crippen LogP contribution >= 0.6 is 0 Å². The Balaban J connectivity index is -0.000000151. The van der Waals surface area contributed by atoms with Crippen molar-refractivity contribution < 1.29 is 36.0 Å². The second-order valence-electron chi connectivity index (χ2n) is 12.4. The van der Waals surface area contributed by atoms with Gasteiger partial charge in [0.05, 0.1) is 11.4 Å². The zero-order valence-corrected chi connectivity index (χ0v) is 31.9. The van der Waals surface area contributed by atoms with E-state index in [2.05, 4.69) is 13.8 Å². The number of carboxylic acid groups (broad SMARTS) is 2. The molecular weight excluding hydrogens is 601 g/mol. The molecule has 1 unspecified atom stereocenters. The van der Waals surface area contributed by atoms with Gasteiger partial charge in [-0.1, -0.05) is 194 Å². The Morgan fingerprint density at radius 3 is 0.711 bits per heavy atom. The third kappa shape index (κ3) is 67.0. The van der Waals surface area contributed by atoms with Gasteiger partial charge in [0, 0.05) is 12.8 Å². The van der Waals surface area contributed by atoms with Crippen molar-refractivity contribution in [3.05, 3.63) is 0 Å². The van der Waals surface area contributed by atoms with Crippen LogP contribution in [0.4, 0.5) is 0 Å². The van der Waals surface area contributed by atoms with Crippen LogP contribution in [0.1, 0.15) is 222 Å². The Bertz CT molecular complexity index is 558. The Morgan fingerprint density at radius 2 is 0.578 bits per heavy atom. The molecule has 7 nitrogen and oxygen atoms in total. The molecule has 45 heavy (non-hydrogen) atoms. The number of carboxylic acids is 2. The normalized spacial score (nSPS) is 11.0. The largest absolute Gasteiger partial charge is 2.00 e. The Morgan fingerprint density at radius 1 is 0.444 bits per heavy atom. The van der Waals surface area contributed by atoms with E-state index in [1.165, 1.54) is 167 Å². The van der Waals surface area contributed by atoms with Gasteiger partial charge in [-0.25, -0.2) is 4.21 Å². The molecule has 0 saturated carbocycles. The number of aliphatic carboxylic acids is 2. The maximum Gasteiger partial charge on any atom is 2.00 e. The zero-order chi connectivity index (χ0) is 33.4. The van der Waals surface area contributed by atoms with E-state index in [1.807, 2.05) is 0 Å². The topological polar surface area (TPSA) is 135 Å². The minimum absolute atomic E-state index is 0. The van der Waals surface area contributed by atoms with Crippen LogP contribution in [0.25, 0.3) is 0 Å². The number of hydrogen-bond acceptors (Lipinski definition) is 4. The van der Waals surface area contributed by atoms with Gasteiger partial charge in [0.25, 0.3) is 0 Å². The van der Waals surface area contributed by atoms with Crippen molar-refractivity contribution in [1.82, 2.24) is 0 Å². The molecule has 0 aliphatic rings. The molecule has 0 heterocycles. The van der Waals surface area contributed by atoms with E-state index < -0.39 is 23.3 Å². The first-order valence-corrected chi connectivity index (χ1v) is 19.5. The first-order valence-electron chi connectivity index (χ1n) is 18.5. The molecule has 0 aromatic heterocycles. The van der Waals surface area contributed by atoms with Gasteiger partial charge in [0.2, 0.25) is 0 Å². The quantitative estimate of drug-likeness (QED) is 0.0366. The zero-order valence-electron chi connectivity index (χ0n) is 31.7. The standard InChI is InChI=1S/2C18H36O2.Mg.H2O3S.2H/c2*1-2-3-4-5-6-7-8-9-10-11-12-13-14-15-16-17-18(19)20;;1-4(2)3;;/h2*2-17H2,1H3,(H,19,20);;(H2,1,2,3);;/q;;+2;;2*-1/p-1. The molecule has 0 saturated heterocycles. The van der Waals surface area contributed by atoms with E-state index in [-0.39, 0.29) is 25.9 Å². The number of hydrogen-bond donors (Lipinski definition) is 3. The van der Waals surface area contributed by atoms with Gasteiger partial charge in [-0.2, -0.15) is 0 Å². The second kappa shape index (κ2) is 48.2. The van der Waals surface area contributed by atoms with Crippen molar-refractivity contribution in [1.29, 1.82) is 0 Å². The smallest absolute Gasteiger partial charge is 1.00 e. The summed E-state index contributed by atoms with van der Waals surface area (Å²) >= 11 is -2.86. The predicted octanol–water partition coefficient (Wildman–Crippen LogP) is 11.8. The van der Waals surface area contributed by atoms with Crippen molar-refractivity contribution in [2.24, 2.45) is 0 Å². The molecule has 0 radical (unpaired) electrons. The van der Waals surface area contributed by atoms with Gasteiger partial charge >= 0.3 is 35.0 Å². The van der Waals surface area contributed by atoms with Crippen LogP contribution in [-0.4, -0.2) is 58.5 Å². The Labute approximate surface area is 300 Å². The van der Waals surface area contributed by atoms with Gasteiger partial charge in [0.1, 0.15) is 0 Å². The van der Waals surface area contributed by atoms with E-state index in [0.29, 0.717) is 12.8 Å². The molecule has 0 aromatic carbocycles. The summed E-state index contributed by atoms with van der Waals surface area (Å²) in [6.45, 7) is 4.54. The van der Waals surface area contributed by atoms with Crippen molar-refractivity contribution >= 4 is 46.4 Å². The Kier molecular flexibility index (Phi) is 55.2. The fourth-order valence-electron chi connectivity index (χ4n) is 5.30. The summed E-state index contributed by atoms with van der Waals surface area (Å²) in [4.78, 5) is 20.7. The van der Waals surface area contributed by atoms with Crippen LogP contribution in [0, 0.1) is 0 Å². The molecule has 0 bridgehead atoms. The van der Waals surface area contributed by atoms with E-state index in [4.69, 9.17) is 23.5 Å². The molecule has 0 aliphatic heterocycles. The Hall–Kier alpha value is -0.224. The maximum absolute atomic E-state index is 10.3. The van der Waals surface area contributed by atoms with Crippen molar-refractivity contribution in [3.63, 3.8) is 0 Å². The molecular formula is C36H75MgO7S-. The van der Waals surface area contributed by atoms with Gasteiger partial charge < -0.3 is 22.2 Å².